The van der Waals surface area contributed by atoms with Gasteiger partial charge in [0.25, 0.3) is 5.91 Å². The van der Waals surface area contributed by atoms with Gasteiger partial charge in [0.2, 0.25) is 0 Å². The molecule has 0 bridgehead atoms. The van der Waals surface area contributed by atoms with Crippen LogP contribution >= 0.6 is 23.7 Å². The van der Waals surface area contributed by atoms with Crippen molar-refractivity contribution in [3.05, 3.63) is 59.4 Å². The fourth-order valence-corrected chi connectivity index (χ4v) is 3.84. The molecule has 2 aromatic carbocycles. The van der Waals surface area contributed by atoms with E-state index in [-0.39, 0.29) is 24.1 Å². The predicted molar refractivity (Wildman–Crippen MR) is 113 cm³/mol. The summed E-state index contributed by atoms with van der Waals surface area (Å²) in [4.78, 5) is 21.6. The number of carbonyl (C=O) groups excluding carboxylic acids is 1. The smallest absolute Gasteiger partial charge is 0.260 e. The summed E-state index contributed by atoms with van der Waals surface area (Å²) in [5.41, 5.74) is 2.48. The number of benzene rings is 2. The molecule has 144 valence electrons. The summed E-state index contributed by atoms with van der Waals surface area (Å²) in [5.74, 6) is -0.503. The Hall–Kier alpha value is -2.02. The zero-order chi connectivity index (χ0) is 18.7. The molecule has 1 heterocycles. The molecule has 27 heavy (non-hydrogen) atoms. The molecule has 0 saturated heterocycles. The second-order valence-corrected chi connectivity index (χ2v) is 7.55. The first-order chi connectivity index (χ1) is 12.5. The van der Waals surface area contributed by atoms with E-state index in [2.05, 4.69) is 4.90 Å². The minimum absolute atomic E-state index is 0. The van der Waals surface area contributed by atoms with Crippen molar-refractivity contribution in [3.8, 4) is 0 Å². The van der Waals surface area contributed by atoms with E-state index in [1.807, 2.05) is 39.2 Å². The Bertz CT molecular complexity index is 911. The van der Waals surface area contributed by atoms with Crippen LogP contribution in [0.15, 0.2) is 42.5 Å². The zero-order valence-electron chi connectivity index (χ0n) is 15.6. The van der Waals surface area contributed by atoms with Gasteiger partial charge in [-0.05, 0) is 69.9 Å². The van der Waals surface area contributed by atoms with E-state index in [1.54, 1.807) is 4.90 Å². The van der Waals surface area contributed by atoms with Gasteiger partial charge in [0.05, 0.1) is 10.2 Å². The number of aryl methyl sites for hydroxylation is 1. The standard InChI is InChI=1S/C20H22FN3OS.ClH/c1-14-6-4-7-17-18(14)22-20(26-17)24(13-5-12-23(2)3)19(25)15-8-10-16(21)11-9-15;/h4,6-11H,5,12-13H2,1-3H3;1H. The van der Waals surface area contributed by atoms with Gasteiger partial charge in [0, 0.05) is 12.1 Å². The Morgan fingerprint density at radius 3 is 2.44 bits per heavy atom. The first kappa shape index (κ1) is 21.3. The third kappa shape index (κ3) is 5.03. The number of hydrogen-bond donors (Lipinski definition) is 0. The molecule has 0 aliphatic carbocycles. The number of amides is 1. The van der Waals surface area contributed by atoms with Crippen molar-refractivity contribution in [1.29, 1.82) is 0 Å². The first-order valence-electron chi connectivity index (χ1n) is 8.54. The molecule has 0 N–H and O–H groups in total. The van der Waals surface area contributed by atoms with Gasteiger partial charge >= 0.3 is 0 Å². The van der Waals surface area contributed by atoms with Crippen LogP contribution in [0.4, 0.5) is 9.52 Å². The van der Waals surface area contributed by atoms with Crippen LogP contribution in [0.1, 0.15) is 22.3 Å². The number of nitrogens with zero attached hydrogens (tertiary/aromatic N) is 3. The fourth-order valence-electron chi connectivity index (χ4n) is 2.77. The van der Waals surface area contributed by atoms with Gasteiger partial charge in [-0.15, -0.1) is 12.4 Å². The Kier molecular flexibility index (Phi) is 7.30. The van der Waals surface area contributed by atoms with Crippen molar-refractivity contribution in [2.45, 2.75) is 13.3 Å². The summed E-state index contributed by atoms with van der Waals surface area (Å²) in [6.07, 6.45) is 0.828. The maximum Gasteiger partial charge on any atom is 0.260 e. The van der Waals surface area contributed by atoms with Gasteiger partial charge in [-0.2, -0.15) is 0 Å². The maximum atomic E-state index is 13.2. The molecule has 0 aliphatic heterocycles. The van der Waals surface area contributed by atoms with Crippen molar-refractivity contribution in [1.82, 2.24) is 9.88 Å². The Morgan fingerprint density at radius 1 is 1.11 bits per heavy atom. The fraction of sp³-hybridized carbons (Fsp3) is 0.300. The lowest BCUT2D eigenvalue weighted by molar-refractivity contribution is 0.0986. The Morgan fingerprint density at radius 2 is 1.81 bits per heavy atom. The van der Waals surface area contributed by atoms with Crippen LogP contribution in [0.5, 0.6) is 0 Å². The number of hydrogen-bond acceptors (Lipinski definition) is 4. The molecule has 7 heteroatoms. The number of para-hydroxylation sites is 1. The number of fused-ring (bicyclic) bond motifs is 1. The lowest BCUT2D eigenvalue weighted by Crippen LogP contribution is -2.33. The molecule has 0 unspecified atom stereocenters. The highest BCUT2D eigenvalue weighted by molar-refractivity contribution is 7.22. The summed E-state index contributed by atoms with van der Waals surface area (Å²) >= 11 is 1.51. The molecule has 4 nitrogen and oxygen atoms in total. The van der Waals surface area contributed by atoms with E-state index in [4.69, 9.17) is 4.98 Å². The van der Waals surface area contributed by atoms with Gasteiger partial charge in [-0.3, -0.25) is 9.69 Å². The minimum atomic E-state index is -0.351. The lowest BCUT2D eigenvalue weighted by atomic mass is 10.2. The van der Waals surface area contributed by atoms with Crippen molar-refractivity contribution < 1.29 is 9.18 Å². The van der Waals surface area contributed by atoms with Crippen LogP contribution < -0.4 is 4.90 Å². The summed E-state index contributed by atoms with van der Waals surface area (Å²) in [6, 6.07) is 11.7. The van der Waals surface area contributed by atoms with Gasteiger partial charge in [-0.25, -0.2) is 9.37 Å². The van der Waals surface area contributed by atoms with Crippen LogP contribution in [-0.4, -0.2) is 43.0 Å². The molecule has 3 aromatic rings. The zero-order valence-corrected chi connectivity index (χ0v) is 17.2. The largest absolute Gasteiger partial charge is 0.309 e. The highest BCUT2D eigenvalue weighted by Crippen LogP contribution is 2.31. The van der Waals surface area contributed by atoms with Gasteiger partial charge in [-0.1, -0.05) is 23.5 Å². The minimum Gasteiger partial charge on any atom is -0.309 e. The summed E-state index contributed by atoms with van der Waals surface area (Å²) in [5, 5.41) is 0.683. The van der Waals surface area contributed by atoms with Crippen LogP contribution in [0.25, 0.3) is 10.2 Å². The van der Waals surface area contributed by atoms with Crippen LogP contribution in [0, 0.1) is 12.7 Å². The molecular weight excluding hydrogens is 385 g/mol. The van der Waals surface area contributed by atoms with E-state index in [1.165, 1.54) is 35.6 Å². The Labute approximate surface area is 169 Å². The maximum absolute atomic E-state index is 13.2. The number of carbonyl (C=O) groups is 1. The highest BCUT2D eigenvalue weighted by Gasteiger charge is 2.21. The predicted octanol–water partition coefficient (Wildman–Crippen LogP) is 4.76. The second kappa shape index (κ2) is 9.26. The van der Waals surface area contributed by atoms with Crippen LogP contribution in [0.3, 0.4) is 0 Å². The quantitative estimate of drug-likeness (QED) is 0.590. The molecule has 0 spiro atoms. The number of aromatic nitrogens is 1. The first-order valence-corrected chi connectivity index (χ1v) is 9.35. The monoisotopic (exact) mass is 407 g/mol. The van der Waals surface area contributed by atoms with Crippen molar-refractivity contribution >= 4 is 45.0 Å². The van der Waals surface area contributed by atoms with Gasteiger partial charge in [0.1, 0.15) is 5.82 Å². The topological polar surface area (TPSA) is 36.4 Å². The van der Waals surface area contributed by atoms with Crippen molar-refractivity contribution in [2.24, 2.45) is 0 Å². The number of halogens is 2. The summed E-state index contributed by atoms with van der Waals surface area (Å²) < 4.78 is 14.3. The third-order valence-electron chi connectivity index (χ3n) is 4.16. The molecule has 0 saturated carbocycles. The lowest BCUT2D eigenvalue weighted by Gasteiger charge is -2.21. The molecular formula is C20H23ClFN3OS. The molecule has 0 fully saturated rings. The number of rotatable bonds is 6. The van der Waals surface area contributed by atoms with E-state index < -0.39 is 0 Å². The molecule has 1 aromatic heterocycles. The van der Waals surface area contributed by atoms with E-state index in [9.17, 15) is 9.18 Å². The second-order valence-electron chi connectivity index (χ2n) is 6.54. The van der Waals surface area contributed by atoms with E-state index in [0.717, 1.165) is 28.7 Å². The average molecular weight is 408 g/mol. The van der Waals surface area contributed by atoms with Crippen molar-refractivity contribution in [2.75, 3.05) is 32.1 Å². The van der Waals surface area contributed by atoms with Gasteiger partial charge < -0.3 is 4.90 Å². The van der Waals surface area contributed by atoms with Gasteiger partial charge in [0.15, 0.2) is 5.13 Å². The van der Waals surface area contributed by atoms with E-state index >= 15 is 0 Å². The summed E-state index contributed by atoms with van der Waals surface area (Å²) in [6.45, 7) is 3.45. The molecule has 3 rings (SSSR count). The Balaban J connectivity index is 0.00000261. The number of anilines is 1. The number of thiazole rings is 1. The SMILES string of the molecule is Cc1cccc2sc(N(CCCN(C)C)C(=O)c3ccc(F)cc3)nc12.Cl. The van der Waals surface area contributed by atoms with Crippen LogP contribution in [-0.2, 0) is 0 Å². The normalized spacial score (nSPS) is 10.9. The average Bonchev–Trinajstić information content (AvgIpc) is 3.04. The van der Waals surface area contributed by atoms with Crippen LogP contribution in [0.2, 0.25) is 0 Å². The van der Waals surface area contributed by atoms with E-state index in [0.29, 0.717) is 17.2 Å². The molecule has 0 aliphatic rings. The molecule has 0 radical (unpaired) electrons. The van der Waals surface area contributed by atoms with Crippen molar-refractivity contribution in [3.63, 3.8) is 0 Å². The highest BCUT2D eigenvalue weighted by atomic mass is 35.5. The summed E-state index contributed by atoms with van der Waals surface area (Å²) in [7, 11) is 4.01. The third-order valence-corrected chi connectivity index (χ3v) is 5.21. The molecule has 1 amide bonds. The molecule has 0 atom stereocenters.